The van der Waals surface area contributed by atoms with Gasteiger partial charge in [-0.05, 0) is 44.3 Å². The summed E-state index contributed by atoms with van der Waals surface area (Å²) in [6, 6.07) is 5.56. The van der Waals surface area contributed by atoms with E-state index >= 15 is 0 Å². The van der Waals surface area contributed by atoms with E-state index in [4.69, 9.17) is 22.1 Å². The normalized spacial score (nSPS) is 10.6. The van der Waals surface area contributed by atoms with Gasteiger partial charge in [0, 0.05) is 11.6 Å². The number of nitrogens with one attached hydrogen (secondary N) is 1. The fourth-order valence-corrected chi connectivity index (χ4v) is 2.10. The summed E-state index contributed by atoms with van der Waals surface area (Å²) in [5.74, 6) is -1.07. The van der Waals surface area contributed by atoms with Crippen molar-refractivity contribution >= 4 is 23.9 Å². The number of nitro benzene ring substituents is 1. The average molecular weight is 335 g/mol. The Bertz CT molecular complexity index is 831. The number of carbonyl (C=O) groups is 1. The third kappa shape index (κ3) is 3.89. The van der Waals surface area contributed by atoms with Gasteiger partial charge in [-0.15, -0.1) is 0 Å². The first-order valence-electron chi connectivity index (χ1n) is 6.58. The van der Waals surface area contributed by atoms with Crippen LogP contribution < -0.4 is 4.74 Å². The minimum absolute atomic E-state index is 0.0231. The lowest BCUT2D eigenvalue weighted by molar-refractivity contribution is -0.386. The van der Waals surface area contributed by atoms with Crippen molar-refractivity contribution in [2.45, 2.75) is 20.0 Å². The van der Waals surface area contributed by atoms with Crippen LogP contribution in [-0.4, -0.2) is 32.1 Å². The Morgan fingerprint density at radius 2 is 2.13 bits per heavy atom. The molecule has 0 fully saturated rings. The molecule has 2 aromatic rings. The van der Waals surface area contributed by atoms with Gasteiger partial charge < -0.3 is 14.8 Å². The summed E-state index contributed by atoms with van der Waals surface area (Å²) in [6.07, 6.45) is -0.221. The number of aromatic nitrogens is 2. The van der Waals surface area contributed by atoms with E-state index in [0.717, 1.165) is 0 Å². The Labute approximate surface area is 135 Å². The molecule has 0 spiro atoms. The van der Waals surface area contributed by atoms with Crippen molar-refractivity contribution in [3.63, 3.8) is 0 Å². The number of rotatable bonds is 5. The van der Waals surface area contributed by atoms with E-state index in [0.29, 0.717) is 5.56 Å². The number of nitrogens with zero attached hydrogens (tertiary/aromatic N) is 2. The van der Waals surface area contributed by atoms with Gasteiger partial charge in [0.1, 0.15) is 5.69 Å². The smallest absolute Gasteiger partial charge is 0.352 e. The maximum absolute atomic E-state index is 11.2. The van der Waals surface area contributed by atoms with Crippen LogP contribution in [0.2, 0.25) is 0 Å². The molecule has 0 atom stereocenters. The molecule has 0 saturated carbocycles. The van der Waals surface area contributed by atoms with Crippen molar-refractivity contribution in [3.8, 4) is 17.0 Å². The summed E-state index contributed by atoms with van der Waals surface area (Å²) in [5.41, 5.74) is 0.222. The number of aromatic amines is 1. The Kier molecular flexibility index (Phi) is 4.70. The maximum atomic E-state index is 11.2. The van der Waals surface area contributed by atoms with Crippen molar-refractivity contribution in [3.05, 3.63) is 44.8 Å². The molecule has 1 heterocycles. The number of carboxylic acids is 1. The zero-order chi connectivity index (χ0) is 17.1. The number of nitro groups is 1. The zero-order valence-corrected chi connectivity index (χ0v) is 13.1. The number of hydrogen-bond donors (Lipinski definition) is 2. The van der Waals surface area contributed by atoms with Gasteiger partial charge in [-0.2, -0.15) is 0 Å². The molecule has 0 aliphatic rings. The predicted molar refractivity (Wildman–Crippen MR) is 84.2 cm³/mol. The predicted octanol–water partition coefficient (Wildman–Crippen LogP) is 3.20. The number of aromatic carboxylic acids is 1. The third-order valence-electron chi connectivity index (χ3n) is 2.79. The van der Waals surface area contributed by atoms with Gasteiger partial charge in [0.15, 0.2) is 10.5 Å². The second-order valence-corrected chi connectivity index (χ2v) is 5.28. The van der Waals surface area contributed by atoms with E-state index in [9.17, 15) is 14.9 Å². The molecule has 2 N–H and O–H groups in total. The molecule has 0 radical (unpaired) electrons. The zero-order valence-electron chi connectivity index (χ0n) is 12.3. The van der Waals surface area contributed by atoms with Crippen molar-refractivity contribution < 1.29 is 19.6 Å². The van der Waals surface area contributed by atoms with Crippen molar-refractivity contribution in [2.75, 3.05) is 0 Å². The summed E-state index contributed by atoms with van der Waals surface area (Å²) < 4.78 is 5.38. The van der Waals surface area contributed by atoms with Crippen LogP contribution in [0.25, 0.3) is 11.3 Å². The first-order chi connectivity index (χ1) is 10.8. The highest BCUT2D eigenvalue weighted by Crippen LogP contribution is 2.32. The molecular weight excluding hydrogens is 322 g/mol. The van der Waals surface area contributed by atoms with Gasteiger partial charge >= 0.3 is 11.7 Å². The summed E-state index contributed by atoms with van der Waals surface area (Å²) >= 11 is 4.88. The molecule has 0 aliphatic heterocycles. The molecule has 0 saturated heterocycles. The highest BCUT2D eigenvalue weighted by Gasteiger charge is 2.18. The summed E-state index contributed by atoms with van der Waals surface area (Å²) in [6.45, 7) is 3.52. The van der Waals surface area contributed by atoms with E-state index < -0.39 is 10.9 Å². The van der Waals surface area contributed by atoms with E-state index in [1.165, 1.54) is 18.2 Å². The van der Waals surface area contributed by atoms with Crippen LogP contribution in [0.1, 0.15) is 24.3 Å². The van der Waals surface area contributed by atoms with Crippen LogP contribution in [-0.2, 0) is 0 Å². The van der Waals surface area contributed by atoms with E-state index in [-0.39, 0.29) is 33.7 Å². The van der Waals surface area contributed by atoms with Gasteiger partial charge in [-0.1, -0.05) is 0 Å². The van der Waals surface area contributed by atoms with Crippen LogP contribution >= 0.6 is 12.2 Å². The lowest BCUT2D eigenvalue weighted by atomic mass is 10.1. The minimum Gasteiger partial charge on any atom is -0.484 e. The maximum Gasteiger partial charge on any atom is 0.352 e. The lowest BCUT2D eigenvalue weighted by Crippen LogP contribution is -2.07. The fraction of sp³-hybridized carbons (Fsp3) is 0.214. The number of ether oxygens (including phenoxy) is 1. The van der Waals surface area contributed by atoms with Crippen LogP contribution in [0.3, 0.4) is 0 Å². The summed E-state index contributed by atoms with van der Waals surface area (Å²) in [7, 11) is 0. The van der Waals surface area contributed by atoms with Crippen molar-refractivity contribution in [2.24, 2.45) is 0 Å². The highest BCUT2D eigenvalue weighted by molar-refractivity contribution is 7.71. The standard InChI is InChI=1S/C14H13N3O5S/c1-7(2)22-12-4-3-8(5-11(12)17(20)21)9-6-10(13(18)19)16-14(23)15-9/h3-7H,1-2H3,(H,18,19)(H,15,16,23). The quantitative estimate of drug-likeness (QED) is 0.489. The Hall–Kier alpha value is -2.81. The van der Waals surface area contributed by atoms with Gasteiger partial charge in [0.05, 0.1) is 16.7 Å². The molecular formula is C14H13N3O5S. The second kappa shape index (κ2) is 6.53. The summed E-state index contributed by atoms with van der Waals surface area (Å²) in [5, 5.41) is 20.2. The lowest BCUT2D eigenvalue weighted by Gasteiger charge is -2.11. The fourth-order valence-electron chi connectivity index (χ4n) is 1.89. The number of carboxylic acid groups (broad SMARTS) is 1. The Morgan fingerprint density at radius 3 is 2.70 bits per heavy atom. The van der Waals surface area contributed by atoms with Crippen LogP contribution in [0.4, 0.5) is 5.69 Å². The molecule has 0 amide bonds. The molecule has 23 heavy (non-hydrogen) atoms. The van der Waals surface area contributed by atoms with E-state index in [2.05, 4.69) is 9.97 Å². The topological polar surface area (TPSA) is 118 Å². The van der Waals surface area contributed by atoms with Gasteiger partial charge in [-0.25, -0.2) is 9.78 Å². The van der Waals surface area contributed by atoms with Crippen LogP contribution in [0, 0.1) is 14.9 Å². The van der Waals surface area contributed by atoms with Crippen molar-refractivity contribution in [1.82, 2.24) is 9.97 Å². The van der Waals surface area contributed by atoms with Gasteiger partial charge in [-0.3, -0.25) is 10.1 Å². The van der Waals surface area contributed by atoms with E-state index in [1.807, 2.05) is 0 Å². The Morgan fingerprint density at radius 1 is 1.43 bits per heavy atom. The molecule has 1 aromatic carbocycles. The van der Waals surface area contributed by atoms with Crippen LogP contribution in [0.15, 0.2) is 24.3 Å². The molecule has 120 valence electrons. The Balaban J connectivity index is 2.57. The molecule has 9 heteroatoms. The first kappa shape index (κ1) is 16.6. The highest BCUT2D eigenvalue weighted by atomic mass is 32.1. The monoisotopic (exact) mass is 335 g/mol. The molecule has 2 rings (SSSR count). The van der Waals surface area contributed by atoms with E-state index in [1.54, 1.807) is 19.9 Å². The second-order valence-electron chi connectivity index (χ2n) is 4.90. The number of hydrogen-bond acceptors (Lipinski definition) is 6. The first-order valence-corrected chi connectivity index (χ1v) is 6.99. The number of H-pyrrole nitrogens is 1. The SMILES string of the molecule is CC(C)Oc1ccc(-c2cc(C(=O)O)[nH]c(=S)n2)cc1[N+](=O)[O-]. The minimum atomic E-state index is -1.20. The van der Waals surface area contributed by atoms with Crippen LogP contribution in [0.5, 0.6) is 5.75 Å². The largest absolute Gasteiger partial charge is 0.484 e. The van der Waals surface area contributed by atoms with Gasteiger partial charge in [0.2, 0.25) is 0 Å². The summed E-state index contributed by atoms with van der Waals surface area (Å²) in [4.78, 5) is 28.1. The third-order valence-corrected chi connectivity index (χ3v) is 2.98. The van der Waals surface area contributed by atoms with Gasteiger partial charge in [0.25, 0.3) is 0 Å². The molecule has 1 aromatic heterocycles. The molecule has 0 aliphatic carbocycles. The molecule has 8 nitrogen and oxygen atoms in total. The molecule has 0 unspecified atom stereocenters. The number of benzene rings is 1. The van der Waals surface area contributed by atoms with Crippen molar-refractivity contribution in [1.29, 1.82) is 0 Å². The average Bonchev–Trinajstić information content (AvgIpc) is 2.46. The molecule has 0 bridgehead atoms.